The molecule has 12 heavy (non-hydrogen) atoms. The molecule has 3 heteroatoms. The molecule has 1 aliphatic rings. The van der Waals surface area contributed by atoms with E-state index in [2.05, 4.69) is 13.8 Å². The van der Waals surface area contributed by atoms with E-state index >= 15 is 0 Å². The Morgan fingerprint density at radius 2 is 2.33 bits per heavy atom. The summed E-state index contributed by atoms with van der Waals surface area (Å²) >= 11 is 0. The molecule has 1 atom stereocenters. The second-order valence-corrected chi connectivity index (χ2v) is 4.23. The largest absolute Gasteiger partial charge is 0.481 e. The van der Waals surface area contributed by atoms with Crippen molar-refractivity contribution in [1.82, 2.24) is 0 Å². The summed E-state index contributed by atoms with van der Waals surface area (Å²) < 4.78 is 5.46. The Balaban J connectivity index is 2.24. The number of carboxylic acids is 1. The summed E-state index contributed by atoms with van der Waals surface area (Å²) in [6.07, 6.45) is 2.02. The van der Waals surface area contributed by atoms with Gasteiger partial charge >= 0.3 is 5.97 Å². The SMILES string of the molecule is CC1(C)CO[C@H](CCC(=O)O)C1. The fourth-order valence-corrected chi connectivity index (χ4v) is 1.55. The van der Waals surface area contributed by atoms with E-state index in [0.29, 0.717) is 6.42 Å². The highest BCUT2D eigenvalue weighted by Crippen LogP contribution is 2.33. The lowest BCUT2D eigenvalue weighted by Crippen LogP contribution is -2.11. The topological polar surface area (TPSA) is 46.5 Å². The number of hydrogen-bond acceptors (Lipinski definition) is 2. The van der Waals surface area contributed by atoms with E-state index in [9.17, 15) is 4.79 Å². The van der Waals surface area contributed by atoms with Crippen molar-refractivity contribution in [2.45, 2.75) is 39.2 Å². The number of hydrogen-bond donors (Lipinski definition) is 1. The van der Waals surface area contributed by atoms with E-state index in [-0.39, 0.29) is 17.9 Å². The molecule has 0 saturated carbocycles. The minimum absolute atomic E-state index is 0.163. The van der Waals surface area contributed by atoms with Crippen LogP contribution in [0.1, 0.15) is 33.1 Å². The molecule has 0 aliphatic carbocycles. The monoisotopic (exact) mass is 172 g/mol. The number of aliphatic carboxylic acids is 1. The minimum Gasteiger partial charge on any atom is -0.481 e. The summed E-state index contributed by atoms with van der Waals surface area (Å²) in [4.78, 5) is 10.3. The van der Waals surface area contributed by atoms with Crippen LogP contribution in [0.25, 0.3) is 0 Å². The van der Waals surface area contributed by atoms with Gasteiger partial charge in [-0.25, -0.2) is 0 Å². The fourth-order valence-electron chi connectivity index (χ4n) is 1.55. The van der Waals surface area contributed by atoms with Gasteiger partial charge in [-0.05, 0) is 18.3 Å². The standard InChI is InChI=1S/C9H16O3/c1-9(2)5-7(12-6-9)3-4-8(10)11/h7H,3-6H2,1-2H3,(H,10,11)/t7-/m1/s1. The summed E-state index contributed by atoms with van der Waals surface area (Å²) in [5.74, 6) is -0.733. The van der Waals surface area contributed by atoms with E-state index in [4.69, 9.17) is 9.84 Å². The smallest absolute Gasteiger partial charge is 0.303 e. The van der Waals surface area contributed by atoms with Crippen LogP contribution in [0, 0.1) is 5.41 Å². The van der Waals surface area contributed by atoms with Crippen LogP contribution in [0.3, 0.4) is 0 Å². The summed E-state index contributed by atoms with van der Waals surface area (Å²) in [5.41, 5.74) is 0.239. The molecule has 0 aromatic carbocycles. The second-order valence-electron chi connectivity index (χ2n) is 4.23. The average molecular weight is 172 g/mol. The number of ether oxygens (including phenoxy) is 1. The molecular formula is C9H16O3. The third-order valence-corrected chi connectivity index (χ3v) is 2.17. The van der Waals surface area contributed by atoms with E-state index in [1.54, 1.807) is 0 Å². The molecule has 1 fully saturated rings. The summed E-state index contributed by atoms with van der Waals surface area (Å²) in [6.45, 7) is 5.05. The normalized spacial score (nSPS) is 27.3. The van der Waals surface area contributed by atoms with Crippen LogP contribution in [-0.2, 0) is 9.53 Å². The van der Waals surface area contributed by atoms with Gasteiger partial charge in [-0.2, -0.15) is 0 Å². The van der Waals surface area contributed by atoms with E-state index in [0.717, 1.165) is 13.0 Å². The Morgan fingerprint density at radius 1 is 1.67 bits per heavy atom. The first-order chi connectivity index (χ1) is 5.49. The zero-order chi connectivity index (χ0) is 9.19. The summed E-state index contributed by atoms with van der Waals surface area (Å²) in [5, 5.41) is 8.45. The third kappa shape index (κ3) is 2.81. The lowest BCUT2D eigenvalue weighted by atomic mass is 9.89. The van der Waals surface area contributed by atoms with Gasteiger partial charge in [0.25, 0.3) is 0 Å². The predicted octanol–water partition coefficient (Wildman–Crippen LogP) is 1.67. The van der Waals surface area contributed by atoms with Crippen LogP contribution in [0.2, 0.25) is 0 Å². The van der Waals surface area contributed by atoms with Crippen LogP contribution in [-0.4, -0.2) is 23.8 Å². The van der Waals surface area contributed by atoms with Crippen LogP contribution >= 0.6 is 0 Å². The van der Waals surface area contributed by atoms with Crippen molar-refractivity contribution in [3.63, 3.8) is 0 Å². The maximum absolute atomic E-state index is 10.3. The average Bonchev–Trinajstić information content (AvgIpc) is 2.26. The number of rotatable bonds is 3. The van der Waals surface area contributed by atoms with Gasteiger partial charge in [0.15, 0.2) is 0 Å². The van der Waals surface area contributed by atoms with Crippen molar-refractivity contribution in [3.8, 4) is 0 Å². The molecule has 0 unspecified atom stereocenters. The second kappa shape index (κ2) is 3.44. The van der Waals surface area contributed by atoms with Gasteiger partial charge in [-0.1, -0.05) is 13.8 Å². The molecule has 1 rings (SSSR count). The van der Waals surface area contributed by atoms with Gasteiger partial charge < -0.3 is 9.84 Å². The highest BCUT2D eigenvalue weighted by atomic mass is 16.5. The van der Waals surface area contributed by atoms with E-state index in [1.807, 2.05) is 0 Å². The van der Waals surface area contributed by atoms with Gasteiger partial charge in [-0.3, -0.25) is 4.79 Å². The quantitative estimate of drug-likeness (QED) is 0.704. The highest BCUT2D eigenvalue weighted by Gasteiger charge is 2.31. The number of carbonyl (C=O) groups is 1. The molecule has 0 amide bonds. The Morgan fingerprint density at radius 3 is 2.75 bits per heavy atom. The lowest BCUT2D eigenvalue weighted by molar-refractivity contribution is -0.137. The van der Waals surface area contributed by atoms with Gasteiger partial charge in [0.2, 0.25) is 0 Å². The molecule has 0 spiro atoms. The highest BCUT2D eigenvalue weighted by molar-refractivity contribution is 5.66. The van der Waals surface area contributed by atoms with Crippen LogP contribution in [0.15, 0.2) is 0 Å². The Bertz CT molecular complexity index is 175. The van der Waals surface area contributed by atoms with Crippen LogP contribution in [0.5, 0.6) is 0 Å². The predicted molar refractivity (Wildman–Crippen MR) is 45.0 cm³/mol. The molecule has 0 radical (unpaired) electrons. The summed E-state index contributed by atoms with van der Waals surface area (Å²) in [7, 11) is 0. The zero-order valence-corrected chi connectivity index (χ0v) is 7.67. The van der Waals surface area contributed by atoms with Crippen LogP contribution in [0.4, 0.5) is 0 Å². The molecule has 1 saturated heterocycles. The maximum Gasteiger partial charge on any atom is 0.303 e. The molecule has 1 N–H and O–H groups in total. The van der Waals surface area contributed by atoms with E-state index in [1.165, 1.54) is 0 Å². The van der Waals surface area contributed by atoms with Crippen LogP contribution < -0.4 is 0 Å². The van der Waals surface area contributed by atoms with Crippen molar-refractivity contribution in [2.24, 2.45) is 5.41 Å². The van der Waals surface area contributed by atoms with Crippen molar-refractivity contribution in [1.29, 1.82) is 0 Å². The minimum atomic E-state index is -0.733. The lowest BCUT2D eigenvalue weighted by Gasteiger charge is -2.13. The summed E-state index contributed by atoms with van der Waals surface area (Å²) in [6, 6.07) is 0. The molecule has 0 bridgehead atoms. The van der Waals surface area contributed by atoms with Crippen molar-refractivity contribution >= 4 is 5.97 Å². The Labute approximate surface area is 72.7 Å². The first kappa shape index (κ1) is 9.52. The zero-order valence-electron chi connectivity index (χ0n) is 7.67. The molecule has 3 nitrogen and oxygen atoms in total. The van der Waals surface area contributed by atoms with Gasteiger partial charge in [0, 0.05) is 6.42 Å². The number of carboxylic acid groups (broad SMARTS) is 1. The third-order valence-electron chi connectivity index (χ3n) is 2.17. The first-order valence-corrected chi connectivity index (χ1v) is 4.33. The van der Waals surface area contributed by atoms with Crippen molar-refractivity contribution in [3.05, 3.63) is 0 Å². The Kier molecular flexibility index (Phi) is 2.73. The maximum atomic E-state index is 10.3. The first-order valence-electron chi connectivity index (χ1n) is 4.33. The molecular weight excluding hydrogens is 156 g/mol. The molecule has 70 valence electrons. The molecule has 1 heterocycles. The van der Waals surface area contributed by atoms with Crippen molar-refractivity contribution in [2.75, 3.05) is 6.61 Å². The molecule has 0 aromatic rings. The molecule has 1 aliphatic heterocycles. The van der Waals surface area contributed by atoms with E-state index < -0.39 is 5.97 Å². The van der Waals surface area contributed by atoms with Gasteiger partial charge in [-0.15, -0.1) is 0 Å². The van der Waals surface area contributed by atoms with Gasteiger partial charge in [0.05, 0.1) is 12.7 Å². The Hall–Kier alpha value is -0.570. The fraction of sp³-hybridized carbons (Fsp3) is 0.889. The van der Waals surface area contributed by atoms with Gasteiger partial charge in [0.1, 0.15) is 0 Å². The van der Waals surface area contributed by atoms with Crippen molar-refractivity contribution < 1.29 is 14.6 Å². The molecule has 0 aromatic heterocycles.